The standard InChI is InChI=1S/C10H8F3N3O/c1-6-4-9(17)16(15-6)8-3-2-7(5-14-8)10(11,12)13/h2-3,5H,4H2,1H3. The van der Waals surface area contributed by atoms with Crippen LogP contribution in [0.4, 0.5) is 19.0 Å². The molecule has 0 saturated heterocycles. The smallest absolute Gasteiger partial charge is 0.272 e. The van der Waals surface area contributed by atoms with Crippen LogP contribution >= 0.6 is 0 Å². The van der Waals surface area contributed by atoms with Crippen LogP contribution in [0.1, 0.15) is 18.9 Å². The number of halogens is 3. The molecule has 0 aliphatic carbocycles. The highest BCUT2D eigenvalue weighted by molar-refractivity contribution is 6.11. The summed E-state index contributed by atoms with van der Waals surface area (Å²) in [7, 11) is 0. The number of nitrogens with zero attached hydrogens (tertiary/aromatic N) is 3. The number of aromatic nitrogens is 1. The zero-order valence-electron chi connectivity index (χ0n) is 8.82. The summed E-state index contributed by atoms with van der Waals surface area (Å²) in [5.41, 5.74) is -0.245. The highest BCUT2D eigenvalue weighted by atomic mass is 19.4. The van der Waals surface area contributed by atoms with Crippen molar-refractivity contribution in [1.82, 2.24) is 4.98 Å². The van der Waals surface area contributed by atoms with Crippen LogP contribution in [0.5, 0.6) is 0 Å². The van der Waals surface area contributed by atoms with E-state index >= 15 is 0 Å². The first kappa shape index (κ1) is 11.6. The molecular formula is C10H8F3N3O. The average Bonchev–Trinajstić information content (AvgIpc) is 2.57. The van der Waals surface area contributed by atoms with Gasteiger partial charge in [-0.2, -0.15) is 23.3 Å². The first-order valence-corrected chi connectivity index (χ1v) is 4.78. The lowest BCUT2D eigenvalue weighted by Crippen LogP contribution is -2.21. The lowest BCUT2D eigenvalue weighted by molar-refractivity contribution is -0.137. The molecule has 2 rings (SSSR count). The van der Waals surface area contributed by atoms with Crippen LogP contribution in [0.2, 0.25) is 0 Å². The molecule has 0 aromatic carbocycles. The molecule has 0 bridgehead atoms. The molecule has 2 heterocycles. The van der Waals surface area contributed by atoms with Gasteiger partial charge in [-0.15, -0.1) is 0 Å². The van der Waals surface area contributed by atoms with E-state index in [9.17, 15) is 18.0 Å². The quantitative estimate of drug-likeness (QED) is 0.759. The second-order valence-electron chi connectivity index (χ2n) is 3.62. The van der Waals surface area contributed by atoms with Gasteiger partial charge in [-0.05, 0) is 19.1 Å². The summed E-state index contributed by atoms with van der Waals surface area (Å²) in [5.74, 6) is -0.199. The Bertz CT molecular complexity index is 479. The Labute approximate surface area is 94.8 Å². The Morgan fingerprint density at radius 1 is 1.35 bits per heavy atom. The van der Waals surface area contributed by atoms with Crippen LogP contribution < -0.4 is 5.01 Å². The predicted octanol–water partition coefficient (Wildman–Crippen LogP) is 2.21. The topological polar surface area (TPSA) is 45.6 Å². The molecule has 1 aromatic heterocycles. The highest BCUT2D eigenvalue weighted by Gasteiger charge is 2.31. The molecule has 0 saturated carbocycles. The molecule has 0 atom stereocenters. The zero-order chi connectivity index (χ0) is 12.6. The number of hydrazone groups is 1. The van der Waals surface area contributed by atoms with Crippen molar-refractivity contribution in [2.24, 2.45) is 5.10 Å². The summed E-state index contributed by atoms with van der Waals surface area (Å²) in [6, 6.07) is 2.00. The van der Waals surface area contributed by atoms with Crippen molar-refractivity contribution in [3.05, 3.63) is 23.9 Å². The van der Waals surface area contributed by atoms with Gasteiger partial charge < -0.3 is 0 Å². The number of amides is 1. The number of rotatable bonds is 1. The molecule has 0 unspecified atom stereocenters. The maximum atomic E-state index is 12.3. The Morgan fingerprint density at radius 3 is 2.47 bits per heavy atom. The van der Waals surface area contributed by atoms with Gasteiger partial charge in [0.15, 0.2) is 5.82 Å². The molecule has 7 heteroatoms. The molecule has 90 valence electrons. The monoisotopic (exact) mass is 243 g/mol. The summed E-state index contributed by atoms with van der Waals surface area (Å²) in [5, 5.41) is 4.90. The Hall–Kier alpha value is -1.92. The lowest BCUT2D eigenvalue weighted by atomic mass is 10.2. The third kappa shape index (κ3) is 2.27. The van der Waals surface area contributed by atoms with Gasteiger partial charge in [0.25, 0.3) is 5.91 Å². The van der Waals surface area contributed by atoms with Gasteiger partial charge in [0, 0.05) is 11.9 Å². The molecule has 1 aliphatic heterocycles. The van der Waals surface area contributed by atoms with Crippen molar-refractivity contribution in [3.63, 3.8) is 0 Å². The third-order valence-corrected chi connectivity index (χ3v) is 2.21. The van der Waals surface area contributed by atoms with Gasteiger partial charge in [0.05, 0.1) is 12.0 Å². The van der Waals surface area contributed by atoms with Crippen LogP contribution in [0.15, 0.2) is 23.4 Å². The van der Waals surface area contributed by atoms with Crippen LogP contribution in [0.3, 0.4) is 0 Å². The van der Waals surface area contributed by atoms with E-state index in [1.165, 1.54) is 0 Å². The Balaban J connectivity index is 2.28. The lowest BCUT2D eigenvalue weighted by Gasteiger charge is -2.11. The number of anilines is 1. The molecule has 0 N–H and O–H groups in total. The van der Waals surface area contributed by atoms with Gasteiger partial charge in [-0.3, -0.25) is 4.79 Å². The fourth-order valence-corrected chi connectivity index (χ4v) is 1.41. The first-order chi connectivity index (χ1) is 7.88. The first-order valence-electron chi connectivity index (χ1n) is 4.78. The van der Waals surface area contributed by atoms with E-state index in [-0.39, 0.29) is 18.1 Å². The average molecular weight is 243 g/mol. The van der Waals surface area contributed by atoms with Gasteiger partial charge in [0.1, 0.15) is 0 Å². The van der Waals surface area contributed by atoms with Crippen molar-refractivity contribution in [2.45, 2.75) is 19.5 Å². The molecule has 1 amide bonds. The van der Waals surface area contributed by atoms with E-state index in [0.29, 0.717) is 11.9 Å². The molecule has 17 heavy (non-hydrogen) atoms. The SMILES string of the molecule is CC1=NN(c2ccc(C(F)(F)F)cn2)C(=O)C1. The van der Waals surface area contributed by atoms with E-state index in [2.05, 4.69) is 10.1 Å². The molecule has 0 spiro atoms. The maximum Gasteiger partial charge on any atom is 0.417 e. The van der Waals surface area contributed by atoms with E-state index in [0.717, 1.165) is 17.1 Å². The summed E-state index contributed by atoms with van der Waals surface area (Å²) in [6.45, 7) is 1.67. The minimum absolute atomic E-state index is 0.0971. The van der Waals surface area contributed by atoms with Crippen LogP contribution in [0.25, 0.3) is 0 Å². The van der Waals surface area contributed by atoms with Crippen molar-refractivity contribution in [2.75, 3.05) is 5.01 Å². The number of alkyl halides is 3. The highest BCUT2D eigenvalue weighted by Crippen LogP contribution is 2.29. The van der Waals surface area contributed by atoms with E-state index in [1.807, 2.05) is 0 Å². The van der Waals surface area contributed by atoms with Crippen molar-refractivity contribution < 1.29 is 18.0 Å². The Kier molecular flexibility index (Phi) is 2.60. The summed E-state index contributed by atoms with van der Waals surface area (Å²) >= 11 is 0. The molecule has 0 fully saturated rings. The van der Waals surface area contributed by atoms with E-state index in [1.54, 1.807) is 6.92 Å². The molecular weight excluding hydrogens is 235 g/mol. The maximum absolute atomic E-state index is 12.3. The number of carbonyl (C=O) groups is 1. The van der Waals surface area contributed by atoms with Gasteiger partial charge in [-0.1, -0.05) is 0 Å². The normalized spacial score (nSPS) is 16.4. The van der Waals surface area contributed by atoms with Crippen molar-refractivity contribution >= 4 is 17.4 Å². The van der Waals surface area contributed by atoms with Gasteiger partial charge >= 0.3 is 6.18 Å². The summed E-state index contributed by atoms with van der Waals surface area (Å²) in [4.78, 5) is 15.0. The zero-order valence-corrected chi connectivity index (χ0v) is 8.82. The summed E-state index contributed by atoms with van der Waals surface area (Å²) in [6.07, 6.45) is -3.58. The summed E-state index contributed by atoms with van der Waals surface area (Å²) < 4.78 is 36.9. The second-order valence-corrected chi connectivity index (χ2v) is 3.62. The van der Waals surface area contributed by atoms with Crippen molar-refractivity contribution in [3.8, 4) is 0 Å². The minimum Gasteiger partial charge on any atom is -0.272 e. The Morgan fingerprint density at radius 2 is 2.06 bits per heavy atom. The van der Waals surface area contributed by atoms with Gasteiger partial charge in [0.2, 0.25) is 0 Å². The van der Waals surface area contributed by atoms with E-state index < -0.39 is 11.7 Å². The fraction of sp³-hybridized carbons (Fsp3) is 0.300. The molecule has 1 aromatic rings. The van der Waals surface area contributed by atoms with Crippen LogP contribution in [-0.2, 0) is 11.0 Å². The molecule has 0 radical (unpaired) electrons. The number of hydrogen-bond donors (Lipinski definition) is 0. The number of hydrogen-bond acceptors (Lipinski definition) is 3. The van der Waals surface area contributed by atoms with E-state index in [4.69, 9.17) is 0 Å². The molecule has 1 aliphatic rings. The van der Waals surface area contributed by atoms with Crippen molar-refractivity contribution in [1.29, 1.82) is 0 Å². The van der Waals surface area contributed by atoms with Crippen LogP contribution in [-0.4, -0.2) is 16.6 Å². The number of carbonyl (C=O) groups excluding carboxylic acids is 1. The second kappa shape index (κ2) is 3.83. The number of pyridine rings is 1. The van der Waals surface area contributed by atoms with Gasteiger partial charge in [-0.25, -0.2) is 4.98 Å². The fourth-order valence-electron chi connectivity index (χ4n) is 1.41. The largest absolute Gasteiger partial charge is 0.417 e. The predicted molar refractivity (Wildman–Crippen MR) is 54.5 cm³/mol. The third-order valence-electron chi connectivity index (χ3n) is 2.21. The minimum atomic E-state index is -4.43. The molecule has 4 nitrogen and oxygen atoms in total. The van der Waals surface area contributed by atoms with Crippen LogP contribution in [0, 0.1) is 0 Å².